The van der Waals surface area contributed by atoms with Gasteiger partial charge in [0.25, 0.3) is 0 Å². The second-order valence-corrected chi connectivity index (χ2v) is 5.90. The van der Waals surface area contributed by atoms with Crippen molar-refractivity contribution in [3.05, 3.63) is 60.4 Å². The minimum atomic E-state index is -0.163. The van der Waals surface area contributed by atoms with Crippen LogP contribution in [0.2, 0.25) is 0 Å². The molecule has 0 aliphatic heterocycles. The average molecular weight is 282 g/mol. The van der Waals surface area contributed by atoms with Crippen LogP contribution in [0.4, 0.5) is 0 Å². The quantitative estimate of drug-likeness (QED) is 0.582. The number of benzene rings is 1. The number of hydrogen-bond donors (Lipinski definition) is 1. The molecule has 100 valence electrons. The van der Waals surface area contributed by atoms with E-state index in [0.717, 1.165) is 21.5 Å². The molecule has 0 fully saturated rings. The Balaban J connectivity index is 1.85. The lowest BCUT2D eigenvalue weighted by atomic mass is 10.1. The first-order chi connectivity index (χ1) is 9.75. The van der Waals surface area contributed by atoms with Crippen molar-refractivity contribution in [1.29, 1.82) is 0 Å². The van der Waals surface area contributed by atoms with Crippen LogP contribution < -0.4 is 0 Å². The van der Waals surface area contributed by atoms with Gasteiger partial charge in [0.1, 0.15) is 0 Å². The van der Waals surface area contributed by atoms with Crippen LogP contribution in [0.15, 0.2) is 59.9 Å². The number of fused-ring (bicyclic) bond motifs is 1. The molecule has 0 aliphatic rings. The van der Waals surface area contributed by atoms with E-state index in [1.165, 1.54) is 11.8 Å². The van der Waals surface area contributed by atoms with Crippen molar-refractivity contribution in [2.45, 2.75) is 17.2 Å². The first kappa shape index (κ1) is 12.9. The number of pyridine rings is 1. The zero-order valence-corrected chi connectivity index (χ0v) is 11.9. The van der Waals surface area contributed by atoms with Crippen LogP contribution in [0.3, 0.4) is 0 Å². The Morgan fingerprint density at radius 2 is 2.00 bits per heavy atom. The molecule has 0 spiro atoms. The molecule has 20 heavy (non-hydrogen) atoms. The number of para-hydroxylation sites is 1. The standard InChI is InChI=1S/C16H14N2OS/c1-11(20-15-8-4-5-9-17-15)16(19)13-10-18-14-7-3-2-6-12(13)14/h2-11,18H,1H3/t11-/m1/s1. The Hall–Kier alpha value is -2.07. The molecular weight excluding hydrogens is 268 g/mol. The van der Waals surface area contributed by atoms with E-state index in [9.17, 15) is 4.79 Å². The Morgan fingerprint density at radius 1 is 1.20 bits per heavy atom. The molecule has 2 aromatic heterocycles. The van der Waals surface area contributed by atoms with Crippen molar-refractivity contribution in [2.24, 2.45) is 0 Å². The molecule has 3 aromatic rings. The van der Waals surface area contributed by atoms with Crippen LogP contribution in [-0.4, -0.2) is 21.0 Å². The number of hydrogen-bond acceptors (Lipinski definition) is 3. The predicted molar refractivity (Wildman–Crippen MR) is 82.2 cm³/mol. The fourth-order valence-electron chi connectivity index (χ4n) is 2.15. The van der Waals surface area contributed by atoms with Crippen molar-refractivity contribution >= 4 is 28.4 Å². The summed E-state index contributed by atoms with van der Waals surface area (Å²) in [5, 5.41) is 1.68. The highest BCUT2D eigenvalue weighted by Crippen LogP contribution is 2.26. The van der Waals surface area contributed by atoms with E-state index in [-0.39, 0.29) is 11.0 Å². The predicted octanol–water partition coefficient (Wildman–Crippen LogP) is 3.93. The van der Waals surface area contributed by atoms with Crippen molar-refractivity contribution in [2.75, 3.05) is 0 Å². The molecule has 0 unspecified atom stereocenters. The molecule has 2 heterocycles. The Bertz CT molecular complexity index is 736. The number of Topliss-reactive ketones (excluding diaryl/α,β-unsaturated/α-hetero) is 1. The third-order valence-corrected chi connectivity index (χ3v) is 4.21. The van der Waals surface area contributed by atoms with Gasteiger partial charge in [0, 0.05) is 28.9 Å². The SMILES string of the molecule is C[C@@H](Sc1ccccn1)C(=O)c1c[nH]c2ccccc12. The smallest absolute Gasteiger partial charge is 0.178 e. The van der Waals surface area contributed by atoms with Crippen LogP contribution in [0, 0.1) is 0 Å². The maximum atomic E-state index is 12.6. The monoisotopic (exact) mass is 282 g/mol. The van der Waals surface area contributed by atoms with Gasteiger partial charge in [0.15, 0.2) is 5.78 Å². The lowest BCUT2D eigenvalue weighted by molar-refractivity contribution is 0.0995. The molecule has 3 rings (SSSR count). The maximum Gasteiger partial charge on any atom is 0.178 e. The Labute approximate surface area is 121 Å². The van der Waals surface area contributed by atoms with Gasteiger partial charge >= 0.3 is 0 Å². The number of aromatic nitrogens is 2. The summed E-state index contributed by atoms with van der Waals surface area (Å²) >= 11 is 1.48. The summed E-state index contributed by atoms with van der Waals surface area (Å²) in [6, 6.07) is 13.6. The van der Waals surface area contributed by atoms with Crippen LogP contribution in [0.1, 0.15) is 17.3 Å². The van der Waals surface area contributed by atoms with Gasteiger partial charge in [-0.15, -0.1) is 0 Å². The first-order valence-electron chi connectivity index (χ1n) is 6.44. The minimum Gasteiger partial charge on any atom is -0.360 e. The summed E-state index contributed by atoms with van der Waals surface area (Å²) in [6.07, 6.45) is 3.54. The fourth-order valence-corrected chi connectivity index (χ4v) is 3.02. The lowest BCUT2D eigenvalue weighted by Crippen LogP contribution is -2.13. The van der Waals surface area contributed by atoms with E-state index in [4.69, 9.17) is 0 Å². The number of ketones is 1. The number of carbonyl (C=O) groups excluding carboxylic acids is 1. The highest BCUT2D eigenvalue weighted by Gasteiger charge is 2.19. The average Bonchev–Trinajstić information content (AvgIpc) is 2.91. The summed E-state index contributed by atoms with van der Waals surface area (Å²) in [7, 11) is 0. The molecule has 0 amide bonds. The Kier molecular flexibility index (Phi) is 3.56. The first-order valence-corrected chi connectivity index (χ1v) is 7.31. The van der Waals surface area contributed by atoms with Gasteiger partial charge in [-0.25, -0.2) is 4.98 Å². The van der Waals surface area contributed by atoms with Gasteiger partial charge in [-0.05, 0) is 25.1 Å². The van der Waals surface area contributed by atoms with Gasteiger partial charge < -0.3 is 4.98 Å². The lowest BCUT2D eigenvalue weighted by Gasteiger charge is -2.08. The molecule has 1 atom stereocenters. The highest BCUT2D eigenvalue weighted by molar-refractivity contribution is 8.00. The molecule has 1 N–H and O–H groups in total. The van der Waals surface area contributed by atoms with Gasteiger partial charge in [0.2, 0.25) is 0 Å². The van der Waals surface area contributed by atoms with Crippen LogP contribution in [0.25, 0.3) is 10.9 Å². The van der Waals surface area contributed by atoms with E-state index in [2.05, 4.69) is 9.97 Å². The molecule has 0 aliphatic carbocycles. The number of rotatable bonds is 4. The molecule has 0 saturated heterocycles. The maximum absolute atomic E-state index is 12.6. The van der Waals surface area contributed by atoms with Gasteiger partial charge in [-0.3, -0.25) is 4.79 Å². The summed E-state index contributed by atoms with van der Waals surface area (Å²) < 4.78 is 0. The van der Waals surface area contributed by atoms with E-state index in [1.807, 2.05) is 49.4 Å². The Morgan fingerprint density at radius 3 is 2.80 bits per heavy atom. The van der Waals surface area contributed by atoms with Crippen molar-refractivity contribution in [1.82, 2.24) is 9.97 Å². The number of thioether (sulfide) groups is 1. The number of carbonyl (C=O) groups is 1. The number of nitrogens with zero attached hydrogens (tertiary/aromatic N) is 1. The van der Waals surface area contributed by atoms with Gasteiger partial charge in [-0.1, -0.05) is 36.0 Å². The fraction of sp³-hybridized carbons (Fsp3) is 0.125. The van der Waals surface area contributed by atoms with Crippen LogP contribution in [-0.2, 0) is 0 Å². The number of aromatic amines is 1. The zero-order valence-electron chi connectivity index (χ0n) is 11.0. The second kappa shape index (κ2) is 5.51. The molecule has 3 nitrogen and oxygen atoms in total. The van der Waals surface area contributed by atoms with Crippen molar-refractivity contribution in [3.63, 3.8) is 0 Å². The number of nitrogens with one attached hydrogen (secondary N) is 1. The molecular formula is C16H14N2OS. The largest absolute Gasteiger partial charge is 0.360 e. The van der Waals surface area contributed by atoms with Gasteiger partial charge in [0.05, 0.1) is 10.3 Å². The molecule has 0 bridgehead atoms. The van der Waals surface area contributed by atoms with E-state index in [0.29, 0.717) is 0 Å². The second-order valence-electron chi connectivity index (χ2n) is 4.54. The normalized spacial score (nSPS) is 12.4. The molecule has 0 saturated carbocycles. The van der Waals surface area contributed by atoms with Crippen molar-refractivity contribution in [3.8, 4) is 0 Å². The van der Waals surface area contributed by atoms with E-state index < -0.39 is 0 Å². The third-order valence-electron chi connectivity index (χ3n) is 3.16. The van der Waals surface area contributed by atoms with E-state index in [1.54, 1.807) is 12.4 Å². The van der Waals surface area contributed by atoms with Crippen molar-refractivity contribution < 1.29 is 4.79 Å². The summed E-state index contributed by atoms with van der Waals surface area (Å²) in [5.41, 5.74) is 1.74. The zero-order chi connectivity index (χ0) is 13.9. The summed E-state index contributed by atoms with van der Waals surface area (Å²) in [5.74, 6) is 0.123. The topological polar surface area (TPSA) is 45.8 Å². The summed E-state index contributed by atoms with van der Waals surface area (Å²) in [4.78, 5) is 19.9. The highest BCUT2D eigenvalue weighted by atomic mass is 32.2. The van der Waals surface area contributed by atoms with Crippen LogP contribution >= 0.6 is 11.8 Å². The number of H-pyrrole nitrogens is 1. The summed E-state index contributed by atoms with van der Waals surface area (Å²) in [6.45, 7) is 1.92. The molecule has 4 heteroatoms. The van der Waals surface area contributed by atoms with Crippen LogP contribution in [0.5, 0.6) is 0 Å². The third kappa shape index (κ3) is 2.47. The van der Waals surface area contributed by atoms with Gasteiger partial charge in [-0.2, -0.15) is 0 Å². The van der Waals surface area contributed by atoms with E-state index >= 15 is 0 Å². The minimum absolute atomic E-state index is 0.123. The molecule has 1 aromatic carbocycles. The molecule has 0 radical (unpaired) electrons.